The molecule has 25 heavy (non-hydrogen) atoms. The largest absolute Gasteiger partial charge is 0.207 e. The van der Waals surface area contributed by atoms with Gasteiger partial charge in [-0.15, -0.1) is 5.92 Å². The van der Waals surface area contributed by atoms with Gasteiger partial charge in [0.1, 0.15) is 5.82 Å². The van der Waals surface area contributed by atoms with Gasteiger partial charge in [0.05, 0.1) is 0 Å². The van der Waals surface area contributed by atoms with E-state index in [1.165, 1.54) is 24.5 Å². The molecule has 0 atom stereocenters. The molecule has 0 amide bonds. The second-order valence-corrected chi connectivity index (χ2v) is 6.14. The van der Waals surface area contributed by atoms with Gasteiger partial charge in [-0.25, -0.2) is 4.39 Å². The number of hydrogen-bond donors (Lipinski definition) is 0. The Morgan fingerprint density at radius 3 is 2.24 bits per heavy atom. The molecule has 0 saturated heterocycles. The summed E-state index contributed by atoms with van der Waals surface area (Å²) in [6.07, 6.45) is 5.82. The summed E-state index contributed by atoms with van der Waals surface area (Å²) in [5, 5.41) is 0. The topological polar surface area (TPSA) is 0 Å². The van der Waals surface area contributed by atoms with Crippen molar-refractivity contribution in [3.05, 3.63) is 70.5 Å². The lowest BCUT2D eigenvalue weighted by Gasteiger charge is -2.01. The average molecular weight is 332 g/mol. The van der Waals surface area contributed by atoms with E-state index in [4.69, 9.17) is 0 Å². The van der Waals surface area contributed by atoms with Crippen LogP contribution >= 0.6 is 0 Å². The predicted octanol–water partition coefficient (Wildman–Crippen LogP) is 5.91. The number of benzene rings is 2. The molecule has 0 unspecified atom stereocenters. The predicted molar refractivity (Wildman–Crippen MR) is 104 cm³/mol. The van der Waals surface area contributed by atoms with E-state index >= 15 is 0 Å². The third-order valence-corrected chi connectivity index (χ3v) is 3.95. The molecule has 1 heteroatoms. The summed E-state index contributed by atoms with van der Waals surface area (Å²) in [7, 11) is 0. The van der Waals surface area contributed by atoms with Gasteiger partial charge in [-0.1, -0.05) is 62.6 Å². The van der Waals surface area contributed by atoms with Crippen LogP contribution in [0.2, 0.25) is 0 Å². The van der Waals surface area contributed by atoms with Crippen molar-refractivity contribution in [3.8, 4) is 23.7 Å². The minimum atomic E-state index is -0.161. The Morgan fingerprint density at radius 2 is 1.56 bits per heavy atom. The molecule has 2 aromatic carbocycles. The van der Waals surface area contributed by atoms with Crippen molar-refractivity contribution >= 4 is 0 Å². The molecule has 0 bridgehead atoms. The monoisotopic (exact) mass is 332 g/mol. The summed E-state index contributed by atoms with van der Waals surface area (Å²) in [5.74, 6) is 12.4. The fourth-order valence-electron chi connectivity index (χ4n) is 2.47. The molecular weight excluding hydrogens is 307 g/mol. The molecule has 0 nitrogen and oxygen atoms in total. The molecule has 0 radical (unpaired) electrons. The third kappa shape index (κ3) is 6.48. The van der Waals surface area contributed by atoms with Gasteiger partial charge < -0.3 is 0 Å². The van der Waals surface area contributed by atoms with Gasteiger partial charge in [-0.05, 0) is 48.2 Å². The fourth-order valence-corrected chi connectivity index (χ4v) is 2.47. The summed E-state index contributed by atoms with van der Waals surface area (Å²) in [4.78, 5) is 0. The van der Waals surface area contributed by atoms with E-state index in [2.05, 4.69) is 42.7 Å². The van der Waals surface area contributed by atoms with E-state index < -0.39 is 0 Å². The molecule has 0 saturated carbocycles. The van der Waals surface area contributed by atoms with E-state index in [0.29, 0.717) is 5.56 Å². The summed E-state index contributed by atoms with van der Waals surface area (Å²) in [6.45, 7) is 4.23. The Balaban J connectivity index is 1.98. The quantitative estimate of drug-likeness (QED) is 0.471. The van der Waals surface area contributed by atoms with Crippen LogP contribution < -0.4 is 0 Å². The van der Waals surface area contributed by atoms with Crippen LogP contribution in [0.4, 0.5) is 4.39 Å². The summed E-state index contributed by atoms with van der Waals surface area (Å²) in [5.41, 5.74) is 3.60. The maximum atomic E-state index is 13.9. The van der Waals surface area contributed by atoms with Gasteiger partial charge in [0.25, 0.3) is 0 Å². The fraction of sp³-hybridized carbons (Fsp3) is 0.333. The molecule has 0 N–H and O–H groups in total. The molecule has 128 valence electrons. The third-order valence-electron chi connectivity index (χ3n) is 3.95. The minimum Gasteiger partial charge on any atom is -0.207 e. The van der Waals surface area contributed by atoms with Crippen LogP contribution in [0.15, 0.2) is 42.5 Å². The zero-order chi connectivity index (χ0) is 17.9. The van der Waals surface area contributed by atoms with E-state index in [-0.39, 0.29) is 5.82 Å². The first-order chi connectivity index (χ1) is 12.2. The molecule has 0 aliphatic heterocycles. The lowest BCUT2D eigenvalue weighted by molar-refractivity contribution is 0.607. The molecule has 0 aromatic heterocycles. The van der Waals surface area contributed by atoms with Crippen molar-refractivity contribution in [2.75, 3.05) is 0 Å². The second-order valence-electron chi connectivity index (χ2n) is 6.14. The number of aryl methyl sites for hydroxylation is 1. The SMILES string of the molecule is CCCCC#CCc1ccc(C#Cc2ccc(CCC)c(F)c2)cc1. The van der Waals surface area contributed by atoms with Crippen molar-refractivity contribution in [1.29, 1.82) is 0 Å². The zero-order valence-electron chi connectivity index (χ0n) is 15.2. The van der Waals surface area contributed by atoms with Crippen molar-refractivity contribution in [2.45, 2.75) is 52.4 Å². The number of unbranched alkanes of at least 4 members (excludes halogenated alkanes) is 2. The molecule has 0 aliphatic carbocycles. The zero-order valence-corrected chi connectivity index (χ0v) is 15.2. The normalized spacial score (nSPS) is 9.72. The average Bonchev–Trinajstić information content (AvgIpc) is 2.63. The summed E-state index contributed by atoms with van der Waals surface area (Å²) < 4.78 is 13.9. The van der Waals surface area contributed by atoms with Crippen LogP contribution in [0.5, 0.6) is 0 Å². The van der Waals surface area contributed by atoms with Crippen LogP contribution in [-0.4, -0.2) is 0 Å². The Kier molecular flexibility index (Phi) is 7.81. The van der Waals surface area contributed by atoms with Gasteiger partial charge in [-0.2, -0.15) is 0 Å². The van der Waals surface area contributed by atoms with E-state index in [9.17, 15) is 4.39 Å². The van der Waals surface area contributed by atoms with Crippen LogP contribution in [0.1, 0.15) is 61.8 Å². The maximum absolute atomic E-state index is 13.9. The molecule has 0 heterocycles. The second kappa shape index (κ2) is 10.4. The molecule has 2 aromatic rings. The van der Waals surface area contributed by atoms with Crippen LogP contribution in [0.25, 0.3) is 0 Å². The summed E-state index contributed by atoms with van der Waals surface area (Å²) in [6, 6.07) is 13.4. The highest BCUT2D eigenvalue weighted by Crippen LogP contribution is 2.12. The molecule has 0 aliphatic rings. The molecule has 0 spiro atoms. The Labute approximate surface area is 151 Å². The van der Waals surface area contributed by atoms with Gasteiger partial charge in [-0.3, -0.25) is 0 Å². The summed E-state index contributed by atoms with van der Waals surface area (Å²) >= 11 is 0. The first-order valence-corrected chi connectivity index (χ1v) is 9.08. The van der Waals surface area contributed by atoms with Gasteiger partial charge >= 0.3 is 0 Å². The molecule has 0 fully saturated rings. The van der Waals surface area contributed by atoms with Crippen LogP contribution in [-0.2, 0) is 12.8 Å². The lowest BCUT2D eigenvalue weighted by Crippen LogP contribution is -1.90. The number of rotatable bonds is 5. The van der Waals surface area contributed by atoms with Gasteiger partial charge in [0.15, 0.2) is 0 Å². The van der Waals surface area contributed by atoms with Crippen molar-refractivity contribution < 1.29 is 4.39 Å². The van der Waals surface area contributed by atoms with Gasteiger partial charge in [0.2, 0.25) is 0 Å². The Morgan fingerprint density at radius 1 is 0.840 bits per heavy atom. The Hall–Kier alpha value is -2.51. The molecular formula is C24H25F. The maximum Gasteiger partial charge on any atom is 0.127 e. The van der Waals surface area contributed by atoms with Gasteiger partial charge in [0, 0.05) is 24.0 Å². The van der Waals surface area contributed by atoms with Crippen molar-refractivity contribution in [2.24, 2.45) is 0 Å². The van der Waals surface area contributed by atoms with Crippen molar-refractivity contribution in [1.82, 2.24) is 0 Å². The first kappa shape index (κ1) is 18.8. The highest BCUT2D eigenvalue weighted by molar-refractivity contribution is 5.44. The Bertz CT molecular complexity index is 792. The van der Waals surface area contributed by atoms with E-state index in [0.717, 1.165) is 36.8 Å². The van der Waals surface area contributed by atoms with Crippen LogP contribution in [0.3, 0.4) is 0 Å². The minimum absolute atomic E-state index is 0.161. The van der Waals surface area contributed by atoms with E-state index in [1.54, 1.807) is 0 Å². The highest BCUT2D eigenvalue weighted by atomic mass is 19.1. The highest BCUT2D eigenvalue weighted by Gasteiger charge is 2.01. The number of halogens is 1. The lowest BCUT2D eigenvalue weighted by atomic mass is 10.1. The van der Waals surface area contributed by atoms with Crippen molar-refractivity contribution in [3.63, 3.8) is 0 Å². The molecule has 2 rings (SSSR count). The van der Waals surface area contributed by atoms with E-state index in [1.807, 2.05) is 31.2 Å². The number of hydrogen-bond acceptors (Lipinski definition) is 0. The van der Waals surface area contributed by atoms with Crippen LogP contribution in [0, 0.1) is 29.5 Å². The first-order valence-electron chi connectivity index (χ1n) is 9.08. The smallest absolute Gasteiger partial charge is 0.127 e. The standard InChI is InChI=1S/C24H25F/c1-3-5-6-7-8-10-20-11-13-21(14-12-20)15-16-22-17-18-23(9-4-2)24(25)19-22/h11-14,17-19H,3-6,9-10H2,1-2H3.